The fourth-order valence-electron chi connectivity index (χ4n) is 2.56. The first kappa shape index (κ1) is 20.4. The predicted octanol–water partition coefficient (Wildman–Crippen LogP) is 2.59. The Morgan fingerprint density at radius 2 is 2.04 bits per heavy atom. The number of hydrogen-bond donors (Lipinski definition) is 4. The molecule has 0 radical (unpaired) electrons. The lowest BCUT2D eigenvalue weighted by Gasteiger charge is -2.17. The molecule has 140 valence electrons. The maximum Gasteiger partial charge on any atom is 0.269 e. The highest BCUT2D eigenvalue weighted by Crippen LogP contribution is 2.11. The zero-order valence-corrected chi connectivity index (χ0v) is 16.7. The van der Waals surface area contributed by atoms with Gasteiger partial charge in [-0.25, -0.2) is 10.5 Å². The van der Waals surface area contributed by atoms with Crippen LogP contribution >= 0.6 is 22.6 Å². The second kappa shape index (κ2) is 10.3. The van der Waals surface area contributed by atoms with Crippen molar-refractivity contribution in [2.75, 3.05) is 0 Å². The van der Waals surface area contributed by atoms with Crippen LogP contribution in [-0.2, 0) is 17.6 Å². The van der Waals surface area contributed by atoms with Crippen LogP contribution in [0.25, 0.3) is 0 Å². The van der Waals surface area contributed by atoms with Crippen LogP contribution in [0.15, 0.2) is 30.5 Å². The second-order valence-electron chi connectivity index (χ2n) is 6.09. The van der Waals surface area contributed by atoms with Crippen molar-refractivity contribution in [3.8, 4) is 0 Å². The molecule has 8 heteroatoms. The molecule has 1 atom stereocenters. The zero-order valence-electron chi connectivity index (χ0n) is 14.6. The number of hydrogen-bond acceptors (Lipinski definition) is 4. The van der Waals surface area contributed by atoms with E-state index in [4.69, 9.17) is 5.21 Å². The Kier molecular flexibility index (Phi) is 8.05. The number of nitrogens with one attached hydrogen (secondary N) is 3. The lowest BCUT2D eigenvalue weighted by Crippen LogP contribution is -2.40. The van der Waals surface area contributed by atoms with E-state index in [0.29, 0.717) is 12.1 Å². The number of carbonyl (C=O) groups is 2. The molecule has 1 aromatic heterocycles. The van der Waals surface area contributed by atoms with Crippen LogP contribution < -0.4 is 10.8 Å². The van der Waals surface area contributed by atoms with Crippen molar-refractivity contribution in [3.05, 3.63) is 51.1 Å². The van der Waals surface area contributed by atoms with Crippen LogP contribution in [0.4, 0.5) is 0 Å². The quantitative estimate of drug-likeness (QED) is 0.257. The second-order valence-corrected chi connectivity index (χ2v) is 7.33. The van der Waals surface area contributed by atoms with E-state index in [-0.39, 0.29) is 12.3 Å². The predicted molar refractivity (Wildman–Crippen MR) is 106 cm³/mol. The minimum Gasteiger partial charge on any atom is -0.347 e. The summed E-state index contributed by atoms with van der Waals surface area (Å²) in [5.41, 5.74) is 2.98. The van der Waals surface area contributed by atoms with Crippen molar-refractivity contribution in [2.45, 2.75) is 45.1 Å². The van der Waals surface area contributed by atoms with Crippen LogP contribution in [0.2, 0.25) is 0 Å². The van der Waals surface area contributed by atoms with Crippen molar-refractivity contribution < 1.29 is 14.8 Å². The molecular weight excluding hydrogens is 447 g/mol. The van der Waals surface area contributed by atoms with Gasteiger partial charge in [-0.15, -0.1) is 0 Å². The number of nitrogens with zero attached hydrogens (tertiary/aromatic N) is 1. The van der Waals surface area contributed by atoms with Crippen molar-refractivity contribution >= 4 is 34.4 Å². The van der Waals surface area contributed by atoms with Gasteiger partial charge in [0, 0.05) is 22.5 Å². The number of rotatable bonds is 9. The van der Waals surface area contributed by atoms with Crippen molar-refractivity contribution in [1.29, 1.82) is 0 Å². The van der Waals surface area contributed by atoms with E-state index in [2.05, 4.69) is 44.8 Å². The number of halogens is 1. The summed E-state index contributed by atoms with van der Waals surface area (Å²) in [5.74, 6) is -0.0881. The van der Waals surface area contributed by atoms with Crippen molar-refractivity contribution in [2.24, 2.45) is 0 Å². The van der Waals surface area contributed by atoms with Crippen LogP contribution in [0.3, 0.4) is 0 Å². The molecule has 2 amide bonds. The molecule has 0 saturated carbocycles. The first-order chi connectivity index (χ1) is 12.5. The summed E-state index contributed by atoms with van der Waals surface area (Å²) in [6, 6.07) is 7.40. The molecule has 0 aliphatic rings. The van der Waals surface area contributed by atoms with Gasteiger partial charge in [0.25, 0.3) is 5.91 Å². The molecule has 1 aromatic carbocycles. The Hall–Kier alpha value is -1.94. The van der Waals surface area contributed by atoms with E-state index in [1.165, 1.54) is 6.20 Å². The van der Waals surface area contributed by atoms with Crippen LogP contribution in [0.1, 0.15) is 48.1 Å². The SMILES string of the molecule is CCCCc1ncc(C(=O)N[C@H](CC(=O)NO)Cc2ccc(I)cc2)[nH]1. The van der Waals surface area contributed by atoms with Crippen LogP contribution in [0.5, 0.6) is 0 Å². The fourth-order valence-corrected chi connectivity index (χ4v) is 2.92. The zero-order chi connectivity index (χ0) is 18.9. The summed E-state index contributed by atoms with van der Waals surface area (Å²) in [7, 11) is 0. The molecule has 26 heavy (non-hydrogen) atoms. The average Bonchev–Trinajstić information content (AvgIpc) is 3.10. The van der Waals surface area contributed by atoms with Gasteiger partial charge in [0.2, 0.25) is 5.91 Å². The van der Waals surface area contributed by atoms with E-state index in [9.17, 15) is 9.59 Å². The molecule has 0 unspecified atom stereocenters. The lowest BCUT2D eigenvalue weighted by molar-refractivity contribution is -0.129. The summed E-state index contributed by atoms with van der Waals surface area (Å²) in [5, 5.41) is 11.6. The minimum atomic E-state index is -0.547. The van der Waals surface area contributed by atoms with Gasteiger partial charge >= 0.3 is 0 Å². The van der Waals surface area contributed by atoms with Gasteiger partial charge in [-0.1, -0.05) is 25.5 Å². The van der Waals surface area contributed by atoms with E-state index in [0.717, 1.165) is 34.2 Å². The summed E-state index contributed by atoms with van der Waals surface area (Å²) in [6.07, 6.45) is 4.81. The van der Waals surface area contributed by atoms with E-state index < -0.39 is 11.9 Å². The van der Waals surface area contributed by atoms with Gasteiger partial charge in [-0.3, -0.25) is 14.8 Å². The molecule has 4 N–H and O–H groups in total. The topological polar surface area (TPSA) is 107 Å². The number of carbonyl (C=O) groups excluding carboxylic acids is 2. The number of benzene rings is 1. The molecule has 0 saturated heterocycles. The molecule has 0 bridgehead atoms. The first-order valence-electron chi connectivity index (χ1n) is 8.54. The third kappa shape index (κ3) is 6.41. The van der Waals surface area contributed by atoms with Gasteiger partial charge in [0.1, 0.15) is 11.5 Å². The van der Waals surface area contributed by atoms with Gasteiger partial charge in [0.15, 0.2) is 0 Å². The molecular formula is C18H23IN4O3. The standard InChI is InChI=1S/C18H23IN4O3/c1-2-3-4-16-20-11-15(22-16)18(25)21-14(10-17(24)23-26)9-12-5-7-13(19)8-6-12/h5-8,11,14,26H,2-4,9-10H2,1H3,(H,20,22)(H,21,25)(H,23,24)/t14-/m0/s1. The lowest BCUT2D eigenvalue weighted by atomic mass is 10.0. The molecule has 0 fully saturated rings. The van der Waals surface area contributed by atoms with Crippen molar-refractivity contribution in [1.82, 2.24) is 20.8 Å². The van der Waals surface area contributed by atoms with E-state index in [1.54, 1.807) is 5.48 Å². The highest BCUT2D eigenvalue weighted by molar-refractivity contribution is 14.1. The van der Waals surface area contributed by atoms with Gasteiger partial charge < -0.3 is 10.3 Å². The normalized spacial score (nSPS) is 11.8. The van der Waals surface area contributed by atoms with Crippen molar-refractivity contribution in [3.63, 3.8) is 0 Å². The first-order valence-corrected chi connectivity index (χ1v) is 9.61. The number of unbranched alkanes of at least 4 members (excludes halogenated alkanes) is 1. The molecule has 2 aromatic rings. The van der Waals surface area contributed by atoms with Crippen LogP contribution in [0, 0.1) is 3.57 Å². The van der Waals surface area contributed by atoms with Gasteiger partial charge in [-0.05, 0) is 53.1 Å². The number of H-pyrrole nitrogens is 1. The Morgan fingerprint density at radius 3 is 2.69 bits per heavy atom. The summed E-state index contributed by atoms with van der Waals surface area (Å²) < 4.78 is 1.11. The number of hydroxylamine groups is 1. The van der Waals surface area contributed by atoms with Crippen LogP contribution in [-0.4, -0.2) is 33.0 Å². The number of aromatic nitrogens is 2. The highest BCUT2D eigenvalue weighted by Gasteiger charge is 2.19. The number of aryl methyl sites for hydroxylation is 1. The van der Waals surface area contributed by atoms with Gasteiger partial charge in [0.05, 0.1) is 6.20 Å². The minimum absolute atomic E-state index is 0.0228. The Morgan fingerprint density at radius 1 is 1.31 bits per heavy atom. The summed E-state index contributed by atoms with van der Waals surface area (Å²) >= 11 is 2.22. The molecule has 0 aliphatic carbocycles. The van der Waals surface area contributed by atoms with E-state index in [1.807, 2.05) is 24.3 Å². The number of aromatic amines is 1. The molecule has 1 heterocycles. The maximum atomic E-state index is 12.5. The third-order valence-electron chi connectivity index (χ3n) is 3.93. The van der Waals surface area contributed by atoms with E-state index >= 15 is 0 Å². The number of amides is 2. The molecule has 7 nitrogen and oxygen atoms in total. The molecule has 2 rings (SSSR count). The average molecular weight is 470 g/mol. The Labute approximate surface area is 166 Å². The Bertz CT molecular complexity index is 730. The summed E-state index contributed by atoms with van der Waals surface area (Å²) in [6.45, 7) is 2.10. The van der Waals surface area contributed by atoms with Gasteiger partial charge in [-0.2, -0.15) is 0 Å². The number of imidazole rings is 1. The molecule has 0 aliphatic heterocycles. The summed E-state index contributed by atoms with van der Waals surface area (Å²) in [4.78, 5) is 31.3. The highest BCUT2D eigenvalue weighted by atomic mass is 127. The smallest absolute Gasteiger partial charge is 0.269 e. The maximum absolute atomic E-state index is 12.5. The third-order valence-corrected chi connectivity index (χ3v) is 4.65. The molecule has 0 spiro atoms. The largest absolute Gasteiger partial charge is 0.347 e. The monoisotopic (exact) mass is 470 g/mol. The Balaban J connectivity index is 2.04. The fraction of sp³-hybridized carbons (Fsp3) is 0.389.